The summed E-state index contributed by atoms with van der Waals surface area (Å²) in [6, 6.07) is 9.39. The van der Waals surface area contributed by atoms with Crippen molar-refractivity contribution < 1.29 is 9.59 Å². The summed E-state index contributed by atoms with van der Waals surface area (Å²) < 4.78 is 0. The molecule has 1 saturated heterocycles. The molecule has 3 rings (SSSR count). The number of hydrogen-bond acceptors (Lipinski definition) is 4. The average Bonchev–Trinajstić information content (AvgIpc) is 3.01. The van der Waals surface area contributed by atoms with E-state index in [1.807, 2.05) is 49.6 Å². The van der Waals surface area contributed by atoms with Crippen molar-refractivity contribution in [3.05, 3.63) is 57.3 Å². The van der Waals surface area contributed by atoms with Gasteiger partial charge in [-0.1, -0.05) is 18.2 Å². The van der Waals surface area contributed by atoms with Crippen LogP contribution in [0.1, 0.15) is 16.0 Å². The van der Waals surface area contributed by atoms with Crippen molar-refractivity contribution >= 4 is 52.2 Å². The number of carbonyl (C=O) groups is 2. The van der Waals surface area contributed by atoms with E-state index in [1.165, 1.54) is 16.2 Å². The van der Waals surface area contributed by atoms with Gasteiger partial charge in [0.05, 0.1) is 5.69 Å². The highest BCUT2D eigenvalue weighted by Crippen LogP contribution is 2.27. The summed E-state index contributed by atoms with van der Waals surface area (Å²) in [6.07, 6.45) is 1.60. The van der Waals surface area contributed by atoms with Crippen LogP contribution < -0.4 is 10.2 Å². The molecule has 0 radical (unpaired) electrons. The molecule has 1 aliphatic heterocycles. The van der Waals surface area contributed by atoms with Gasteiger partial charge in [-0.2, -0.15) is 0 Å². The summed E-state index contributed by atoms with van der Waals surface area (Å²) in [5.74, 6) is -0.865. The number of carbonyl (C=O) groups excluding carboxylic acids is 2. The minimum Gasteiger partial charge on any atom is -0.298 e. The van der Waals surface area contributed by atoms with Crippen molar-refractivity contribution in [2.45, 2.75) is 13.8 Å². The highest BCUT2D eigenvalue weighted by atomic mass is 32.1. The van der Waals surface area contributed by atoms with E-state index in [0.29, 0.717) is 5.69 Å². The molecule has 23 heavy (non-hydrogen) atoms. The summed E-state index contributed by atoms with van der Waals surface area (Å²) in [5, 5.41) is 4.60. The van der Waals surface area contributed by atoms with E-state index in [-0.39, 0.29) is 10.7 Å². The molecule has 4 nitrogen and oxygen atoms in total. The third-order valence-electron chi connectivity index (χ3n) is 3.75. The van der Waals surface area contributed by atoms with Crippen molar-refractivity contribution in [2.75, 3.05) is 4.90 Å². The maximum absolute atomic E-state index is 12.9. The van der Waals surface area contributed by atoms with E-state index < -0.39 is 11.8 Å². The molecule has 0 aliphatic carbocycles. The first-order chi connectivity index (χ1) is 11.0. The second-order valence-corrected chi connectivity index (χ2v) is 6.56. The van der Waals surface area contributed by atoms with Gasteiger partial charge in [0.25, 0.3) is 11.8 Å². The van der Waals surface area contributed by atoms with Gasteiger partial charge in [0.15, 0.2) is 5.11 Å². The van der Waals surface area contributed by atoms with Gasteiger partial charge in [0.1, 0.15) is 5.57 Å². The number of nitrogens with zero attached hydrogens (tertiary/aromatic N) is 1. The van der Waals surface area contributed by atoms with E-state index >= 15 is 0 Å². The Balaban J connectivity index is 2.07. The average molecular weight is 342 g/mol. The fourth-order valence-electron chi connectivity index (χ4n) is 2.37. The van der Waals surface area contributed by atoms with Crippen LogP contribution in [-0.4, -0.2) is 16.9 Å². The standard InChI is InChI=1S/C17H14N2O2S2/c1-10-5-3-7-14(11(10)2)19-16(21)13(15(20)18-17(19)22)9-12-6-4-8-23-12/h3-9H,1-2H3,(H,18,20,22)/b13-9+. The van der Waals surface area contributed by atoms with Gasteiger partial charge < -0.3 is 0 Å². The molecule has 2 aromatic rings. The first-order valence-corrected chi connectivity index (χ1v) is 8.29. The fraction of sp³-hybridized carbons (Fsp3) is 0.118. The molecule has 0 saturated carbocycles. The second-order valence-electron chi connectivity index (χ2n) is 5.19. The highest BCUT2D eigenvalue weighted by Gasteiger charge is 2.35. The van der Waals surface area contributed by atoms with Gasteiger partial charge >= 0.3 is 0 Å². The first-order valence-electron chi connectivity index (χ1n) is 7.00. The van der Waals surface area contributed by atoms with Crippen molar-refractivity contribution in [3.8, 4) is 0 Å². The number of aryl methyl sites for hydroxylation is 1. The minimum atomic E-state index is -0.463. The normalized spacial score (nSPS) is 16.9. The van der Waals surface area contributed by atoms with Crippen molar-refractivity contribution in [1.82, 2.24) is 5.32 Å². The third-order valence-corrected chi connectivity index (χ3v) is 4.85. The Bertz CT molecular complexity index is 838. The van der Waals surface area contributed by atoms with Crippen LogP contribution in [0, 0.1) is 13.8 Å². The van der Waals surface area contributed by atoms with Crippen LogP contribution >= 0.6 is 23.6 Å². The van der Waals surface area contributed by atoms with E-state index in [4.69, 9.17) is 12.2 Å². The number of hydrogen-bond donors (Lipinski definition) is 1. The second kappa shape index (κ2) is 6.06. The predicted molar refractivity (Wildman–Crippen MR) is 96.4 cm³/mol. The Labute approximate surface area is 143 Å². The minimum absolute atomic E-state index is 0.0851. The topological polar surface area (TPSA) is 49.4 Å². The molecule has 1 aliphatic rings. The van der Waals surface area contributed by atoms with Gasteiger partial charge in [0, 0.05) is 4.88 Å². The first kappa shape index (κ1) is 15.6. The zero-order chi connectivity index (χ0) is 16.6. The zero-order valence-electron chi connectivity index (χ0n) is 12.6. The Morgan fingerprint density at radius 1 is 1.17 bits per heavy atom. The molecule has 2 heterocycles. The molecule has 0 atom stereocenters. The summed E-state index contributed by atoms with van der Waals surface area (Å²) in [5.41, 5.74) is 2.78. The molecule has 0 bridgehead atoms. The lowest BCUT2D eigenvalue weighted by Gasteiger charge is -2.30. The highest BCUT2D eigenvalue weighted by molar-refractivity contribution is 7.80. The van der Waals surface area contributed by atoms with Crippen LogP contribution in [0.15, 0.2) is 41.3 Å². The Morgan fingerprint density at radius 3 is 2.65 bits per heavy atom. The maximum atomic E-state index is 12.9. The van der Waals surface area contributed by atoms with E-state index in [1.54, 1.807) is 6.08 Å². The number of amides is 2. The number of anilines is 1. The molecular formula is C17H14N2O2S2. The van der Waals surface area contributed by atoms with E-state index in [0.717, 1.165) is 16.0 Å². The number of benzene rings is 1. The molecule has 116 valence electrons. The number of nitrogens with one attached hydrogen (secondary N) is 1. The quantitative estimate of drug-likeness (QED) is 0.518. The van der Waals surface area contributed by atoms with E-state index in [2.05, 4.69) is 5.32 Å². The summed E-state index contributed by atoms with van der Waals surface area (Å²) in [6.45, 7) is 3.90. The lowest BCUT2D eigenvalue weighted by Crippen LogP contribution is -2.54. The number of thiocarbonyl (C=S) groups is 1. The van der Waals surface area contributed by atoms with Crippen LogP contribution in [0.4, 0.5) is 5.69 Å². The SMILES string of the molecule is Cc1cccc(N2C(=O)/C(=C/c3cccs3)C(=O)NC2=S)c1C. The molecule has 1 N–H and O–H groups in total. The Hall–Kier alpha value is -2.31. The molecule has 0 unspecified atom stereocenters. The summed E-state index contributed by atoms with van der Waals surface area (Å²) >= 11 is 6.68. The summed E-state index contributed by atoms with van der Waals surface area (Å²) in [7, 11) is 0. The third kappa shape index (κ3) is 2.83. The monoisotopic (exact) mass is 342 g/mol. The zero-order valence-corrected chi connectivity index (χ0v) is 14.3. The molecule has 2 amide bonds. The smallest absolute Gasteiger partial charge is 0.270 e. The number of thiophene rings is 1. The summed E-state index contributed by atoms with van der Waals surface area (Å²) in [4.78, 5) is 27.2. The van der Waals surface area contributed by atoms with Crippen LogP contribution in [0.2, 0.25) is 0 Å². The number of rotatable bonds is 2. The molecule has 0 spiro atoms. The van der Waals surface area contributed by atoms with Gasteiger partial charge in [0.2, 0.25) is 0 Å². The Morgan fingerprint density at radius 2 is 1.96 bits per heavy atom. The molecular weight excluding hydrogens is 328 g/mol. The Kier molecular flexibility index (Phi) is 4.11. The van der Waals surface area contributed by atoms with Gasteiger partial charge in [-0.3, -0.25) is 19.8 Å². The lowest BCUT2D eigenvalue weighted by molar-refractivity contribution is -0.122. The van der Waals surface area contributed by atoms with Crippen LogP contribution in [0.25, 0.3) is 6.08 Å². The van der Waals surface area contributed by atoms with E-state index in [9.17, 15) is 9.59 Å². The fourth-order valence-corrected chi connectivity index (χ4v) is 3.30. The van der Waals surface area contributed by atoms with Crippen LogP contribution in [0.3, 0.4) is 0 Å². The molecule has 1 aromatic heterocycles. The van der Waals surface area contributed by atoms with Crippen molar-refractivity contribution in [2.24, 2.45) is 0 Å². The predicted octanol–water partition coefficient (Wildman–Crippen LogP) is 3.20. The largest absolute Gasteiger partial charge is 0.298 e. The van der Waals surface area contributed by atoms with Crippen molar-refractivity contribution in [3.63, 3.8) is 0 Å². The lowest BCUT2D eigenvalue weighted by atomic mass is 10.1. The molecule has 1 aromatic carbocycles. The maximum Gasteiger partial charge on any atom is 0.270 e. The van der Waals surface area contributed by atoms with Crippen molar-refractivity contribution in [1.29, 1.82) is 0 Å². The van der Waals surface area contributed by atoms with Crippen LogP contribution in [-0.2, 0) is 9.59 Å². The van der Waals surface area contributed by atoms with Gasteiger partial charge in [-0.05, 0) is 60.8 Å². The molecule has 1 fully saturated rings. The van der Waals surface area contributed by atoms with Gasteiger partial charge in [-0.25, -0.2) is 0 Å². The van der Waals surface area contributed by atoms with Crippen LogP contribution in [0.5, 0.6) is 0 Å². The van der Waals surface area contributed by atoms with Gasteiger partial charge in [-0.15, -0.1) is 11.3 Å². The molecule has 6 heteroatoms.